The predicted octanol–water partition coefficient (Wildman–Crippen LogP) is 2.02. The Morgan fingerprint density at radius 2 is 2.12 bits per heavy atom. The molecular weight excluding hydrogens is 216 g/mol. The van der Waals surface area contributed by atoms with E-state index >= 15 is 0 Å². The maximum absolute atomic E-state index is 11.9. The molecule has 1 spiro atoms. The van der Waals surface area contributed by atoms with Crippen LogP contribution in [0, 0.1) is 0 Å². The van der Waals surface area contributed by atoms with Gasteiger partial charge in [0, 0.05) is 6.54 Å². The molecule has 1 saturated heterocycles. The van der Waals surface area contributed by atoms with Crippen LogP contribution in [0.4, 0.5) is 10.5 Å². The molecule has 1 aromatic rings. The number of benzene rings is 1. The average Bonchev–Trinajstić information content (AvgIpc) is 2.66. The minimum Gasteiger partial charge on any atom is -0.447 e. The lowest BCUT2D eigenvalue weighted by Gasteiger charge is -2.43. The normalized spacial score (nSPS) is 21.5. The van der Waals surface area contributed by atoms with Crippen LogP contribution in [-0.4, -0.2) is 18.2 Å². The van der Waals surface area contributed by atoms with Gasteiger partial charge in [0.2, 0.25) is 0 Å². The maximum Gasteiger partial charge on any atom is 0.415 e. The van der Waals surface area contributed by atoms with Crippen molar-refractivity contribution in [2.24, 2.45) is 5.73 Å². The summed E-state index contributed by atoms with van der Waals surface area (Å²) in [4.78, 5) is 13.7. The Kier molecular flexibility index (Phi) is 2.33. The first-order valence-corrected chi connectivity index (χ1v) is 6.02. The van der Waals surface area contributed by atoms with E-state index in [0.717, 1.165) is 30.5 Å². The zero-order valence-corrected chi connectivity index (χ0v) is 9.69. The van der Waals surface area contributed by atoms with E-state index in [2.05, 4.69) is 0 Å². The summed E-state index contributed by atoms with van der Waals surface area (Å²) in [6.45, 7) is 0.959. The van der Waals surface area contributed by atoms with Gasteiger partial charge in [-0.1, -0.05) is 18.2 Å². The lowest BCUT2D eigenvalue weighted by Crippen LogP contribution is -2.53. The van der Waals surface area contributed by atoms with E-state index in [-0.39, 0.29) is 11.6 Å². The summed E-state index contributed by atoms with van der Waals surface area (Å²) in [5, 5.41) is 0. The topological polar surface area (TPSA) is 55.6 Å². The maximum atomic E-state index is 11.9. The fourth-order valence-electron chi connectivity index (χ4n) is 2.73. The third kappa shape index (κ3) is 1.44. The minimum atomic E-state index is -0.231. The summed E-state index contributed by atoms with van der Waals surface area (Å²) in [7, 11) is 0. The van der Waals surface area contributed by atoms with Crippen LogP contribution in [0.25, 0.3) is 0 Å². The molecule has 1 aromatic carbocycles. The summed E-state index contributed by atoms with van der Waals surface area (Å²) in [5.74, 6) is 0. The second kappa shape index (κ2) is 3.74. The van der Waals surface area contributed by atoms with Crippen molar-refractivity contribution < 1.29 is 9.53 Å². The van der Waals surface area contributed by atoms with Crippen LogP contribution in [0.1, 0.15) is 24.8 Å². The van der Waals surface area contributed by atoms with Crippen molar-refractivity contribution in [1.29, 1.82) is 0 Å². The van der Waals surface area contributed by atoms with Crippen molar-refractivity contribution in [3.8, 4) is 0 Å². The van der Waals surface area contributed by atoms with Gasteiger partial charge in [-0.15, -0.1) is 0 Å². The van der Waals surface area contributed by atoms with E-state index in [1.165, 1.54) is 0 Å². The number of anilines is 1. The highest BCUT2D eigenvalue weighted by molar-refractivity contribution is 5.92. The third-order valence-corrected chi connectivity index (χ3v) is 3.86. The molecule has 0 bridgehead atoms. The highest BCUT2D eigenvalue weighted by Gasteiger charge is 2.52. The summed E-state index contributed by atoms with van der Waals surface area (Å²) < 4.78 is 5.22. The van der Waals surface area contributed by atoms with E-state index in [9.17, 15) is 4.79 Å². The van der Waals surface area contributed by atoms with Crippen LogP contribution in [0.15, 0.2) is 24.3 Å². The summed E-state index contributed by atoms with van der Waals surface area (Å²) in [6.07, 6.45) is 2.98. The Hall–Kier alpha value is -1.55. The van der Waals surface area contributed by atoms with Gasteiger partial charge in [0.25, 0.3) is 0 Å². The fraction of sp³-hybridized carbons (Fsp3) is 0.462. The molecule has 0 radical (unpaired) electrons. The van der Waals surface area contributed by atoms with Crippen LogP contribution < -0.4 is 10.6 Å². The summed E-state index contributed by atoms with van der Waals surface area (Å²) >= 11 is 0. The lowest BCUT2D eigenvalue weighted by molar-refractivity contribution is 0.154. The lowest BCUT2D eigenvalue weighted by atomic mass is 9.76. The molecular formula is C13H16N2O2. The van der Waals surface area contributed by atoms with Crippen LogP contribution in [0.2, 0.25) is 0 Å². The Morgan fingerprint density at radius 1 is 1.35 bits per heavy atom. The number of carbonyl (C=O) groups is 1. The Bertz CT molecular complexity index is 454. The largest absolute Gasteiger partial charge is 0.447 e. The van der Waals surface area contributed by atoms with Gasteiger partial charge >= 0.3 is 6.09 Å². The van der Waals surface area contributed by atoms with E-state index in [1.807, 2.05) is 29.2 Å². The van der Waals surface area contributed by atoms with E-state index in [4.69, 9.17) is 10.5 Å². The number of hydrogen-bond donors (Lipinski definition) is 1. The van der Waals surface area contributed by atoms with Gasteiger partial charge in [0.15, 0.2) is 0 Å². The quantitative estimate of drug-likeness (QED) is 0.848. The standard InChI is InChI=1S/C13H16N2O2/c14-8-10-4-1-2-5-11(10)15-12(16)17-9-13(15)6-3-7-13/h1-2,4-5H,3,6-9,14H2. The zero-order chi connectivity index (χ0) is 11.9. The molecule has 3 rings (SSSR count). The number of nitrogens with zero attached hydrogens (tertiary/aromatic N) is 1. The molecule has 1 heterocycles. The SMILES string of the molecule is NCc1ccccc1N1C(=O)OCC12CCC2. The van der Waals surface area contributed by atoms with E-state index in [0.29, 0.717) is 13.2 Å². The molecule has 1 saturated carbocycles. The van der Waals surface area contributed by atoms with Crippen LogP contribution in [-0.2, 0) is 11.3 Å². The Labute approximate surface area is 100 Å². The Balaban J connectivity index is 2.04. The van der Waals surface area contributed by atoms with Crippen LogP contribution >= 0.6 is 0 Å². The van der Waals surface area contributed by atoms with Gasteiger partial charge in [0.1, 0.15) is 6.61 Å². The zero-order valence-electron chi connectivity index (χ0n) is 9.69. The molecule has 90 valence electrons. The first-order valence-electron chi connectivity index (χ1n) is 6.02. The third-order valence-electron chi connectivity index (χ3n) is 3.86. The molecule has 0 atom stereocenters. The van der Waals surface area contributed by atoms with Crippen LogP contribution in [0.5, 0.6) is 0 Å². The molecule has 4 nitrogen and oxygen atoms in total. The van der Waals surface area contributed by atoms with Crippen molar-refractivity contribution in [3.05, 3.63) is 29.8 Å². The number of carbonyl (C=O) groups excluding carboxylic acids is 1. The van der Waals surface area contributed by atoms with Crippen LogP contribution in [0.3, 0.4) is 0 Å². The molecule has 17 heavy (non-hydrogen) atoms. The molecule has 1 aliphatic carbocycles. The monoisotopic (exact) mass is 232 g/mol. The van der Waals surface area contributed by atoms with Gasteiger partial charge in [-0.05, 0) is 30.9 Å². The number of para-hydroxylation sites is 1. The molecule has 2 N–H and O–H groups in total. The minimum absolute atomic E-state index is 0.0949. The Morgan fingerprint density at radius 3 is 2.76 bits per heavy atom. The average molecular weight is 232 g/mol. The number of rotatable bonds is 2. The molecule has 2 fully saturated rings. The summed E-state index contributed by atoms with van der Waals surface area (Å²) in [6, 6.07) is 7.80. The highest BCUT2D eigenvalue weighted by atomic mass is 16.6. The fourth-order valence-corrected chi connectivity index (χ4v) is 2.73. The van der Waals surface area contributed by atoms with Gasteiger partial charge in [0.05, 0.1) is 11.2 Å². The van der Waals surface area contributed by atoms with Gasteiger partial charge in [-0.3, -0.25) is 4.90 Å². The summed E-state index contributed by atoms with van der Waals surface area (Å²) in [5.41, 5.74) is 7.55. The number of nitrogens with two attached hydrogens (primary N) is 1. The molecule has 0 unspecified atom stereocenters. The number of ether oxygens (including phenoxy) is 1. The first kappa shape index (κ1) is 10.6. The molecule has 2 aliphatic rings. The van der Waals surface area contributed by atoms with Crippen molar-refractivity contribution >= 4 is 11.8 Å². The van der Waals surface area contributed by atoms with E-state index in [1.54, 1.807) is 0 Å². The van der Waals surface area contributed by atoms with Crippen molar-refractivity contribution in [2.45, 2.75) is 31.3 Å². The number of amides is 1. The molecule has 1 aliphatic heterocycles. The van der Waals surface area contributed by atoms with Crippen molar-refractivity contribution in [2.75, 3.05) is 11.5 Å². The molecule has 0 aromatic heterocycles. The van der Waals surface area contributed by atoms with E-state index < -0.39 is 0 Å². The first-order chi connectivity index (χ1) is 8.27. The second-order valence-electron chi connectivity index (χ2n) is 4.80. The van der Waals surface area contributed by atoms with Crippen molar-refractivity contribution in [1.82, 2.24) is 0 Å². The van der Waals surface area contributed by atoms with Gasteiger partial charge in [-0.2, -0.15) is 0 Å². The van der Waals surface area contributed by atoms with Gasteiger partial charge < -0.3 is 10.5 Å². The molecule has 1 amide bonds. The van der Waals surface area contributed by atoms with Gasteiger partial charge in [-0.25, -0.2) is 4.79 Å². The van der Waals surface area contributed by atoms with Crippen molar-refractivity contribution in [3.63, 3.8) is 0 Å². The highest BCUT2D eigenvalue weighted by Crippen LogP contribution is 2.45. The molecule has 4 heteroatoms. The predicted molar refractivity (Wildman–Crippen MR) is 64.7 cm³/mol. The number of cyclic esters (lactones) is 1. The number of hydrogen-bond acceptors (Lipinski definition) is 3. The smallest absolute Gasteiger partial charge is 0.415 e. The second-order valence-corrected chi connectivity index (χ2v) is 4.80.